The predicted octanol–water partition coefficient (Wildman–Crippen LogP) is 3.72. The second-order valence-electron chi connectivity index (χ2n) is 7.37. The maximum atomic E-state index is 13.4. The fourth-order valence-electron chi connectivity index (χ4n) is 3.38. The van der Waals surface area contributed by atoms with Crippen molar-refractivity contribution in [3.63, 3.8) is 0 Å². The molecule has 2 amide bonds. The lowest BCUT2D eigenvalue weighted by Gasteiger charge is -2.13. The van der Waals surface area contributed by atoms with Gasteiger partial charge in [0, 0.05) is 16.6 Å². The van der Waals surface area contributed by atoms with E-state index in [0.29, 0.717) is 22.2 Å². The summed E-state index contributed by atoms with van der Waals surface area (Å²) in [6, 6.07) is 7.80. The van der Waals surface area contributed by atoms with Crippen LogP contribution in [0.4, 0.5) is 10.1 Å². The third kappa shape index (κ3) is 5.09. The zero-order valence-electron chi connectivity index (χ0n) is 17.7. The molecule has 2 N–H and O–H groups in total. The third-order valence-corrected chi connectivity index (χ3v) is 4.81. The Hall–Kier alpha value is -3.68. The van der Waals surface area contributed by atoms with E-state index in [1.54, 1.807) is 6.92 Å². The van der Waals surface area contributed by atoms with Gasteiger partial charge in [-0.3, -0.25) is 9.59 Å². The van der Waals surface area contributed by atoms with Crippen molar-refractivity contribution in [3.05, 3.63) is 64.2 Å². The zero-order valence-corrected chi connectivity index (χ0v) is 17.7. The topological polar surface area (TPSA) is 97.6 Å². The van der Waals surface area contributed by atoms with Gasteiger partial charge in [0.2, 0.25) is 11.7 Å². The van der Waals surface area contributed by atoms with Gasteiger partial charge in [0.05, 0.1) is 6.54 Å². The van der Waals surface area contributed by atoms with Crippen molar-refractivity contribution < 1.29 is 27.9 Å². The molecule has 3 aromatic rings. The Morgan fingerprint density at radius 2 is 1.68 bits per heavy atom. The Bertz CT molecular complexity index is 1160. The number of rotatable bonds is 6. The van der Waals surface area contributed by atoms with E-state index < -0.39 is 30.2 Å². The first kappa shape index (κ1) is 22.0. The summed E-state index contributed by atoms with van der Waals surface area (Å²) in [5.74, 6) is -2.44. The molecule has 0 spiro atoms. The van der Waals surface area contributed by atoms with Crippen LogP contribution in [-0.2, 0) is 14.3 Å². The Balaban J connectivity index is 1.52. The minimum atomic E-state index is -0.848. The number of carbonyl (C=O) groups is 3. The fraction of sp³-hybridized carbons (Fsp3) is 0.261. The molecule has 0 fully saturated rings. The molecule has 0 atom stereocenters. The van der Waals surface area contributed by atoms with Crippen molar-refractivity contribution >= 4 is 34.4 Å². The molecule has 0 aliphatic carbocycles. The summed E-state index contributed by atoms with van der Waals surface area (Å²) in [5, 5.41) is 5.63. The lowest BCUT2D eigenvalue weighted by Crippen LogP contribution is -2.35. The number of hydrogen-bond donors (Lipinski definition) is 2. The van der Waals surface area contributed by atoms with Crippen molar-refractivity contribution in [3.8, 4) is 0 Å². The van der Waals surface area contributed by atoms with Crippen molar-refractivity contribution in [1.82, 2.24) is 5.32 Å². The standard InChI is InChI=1S/C23H23FN2O5/c1-12-7-13(2)21(14(3)8-12)26-19(27)10-25-20(28)11-30-23(29)22-15(4)17-9-16(24)5-6-18(17)31-22/h5-9H,10-11H2,1-4H3,(H,25,28)(H,26,27). The van der Waals surface area contributed by atoms with Crippen LogP contribution in [-0.4, -0.2) is 30.9 Å². The average Bonchev–Trinajstić information content (AvgIpc) is 3.03. The summed E-state index contributed by atoms with van der Waals surface area (Å²) in [4.78, 5) is 36.4. The van der Waals surface area contributed by atoms with E-state index in [4.69, 9.17) is 9.15 Å². The number of aryl methyl sites for hydroxylation is 4. The highest BCUT2D eigenvalue weighted by atomic mass is 19.1. The Kier molecular flexibility index (Phi) is 6.39. The molecule has 0 saturated heterocycles. The van der Waals surface area contributed by atoms with Crippen LogP contribution in [0.5, 0.6) is 0 Å². The monoisotopic (exact) mass is 426 g/mol. The number of amides is 2. The first-order valence-electron chi connectivity index (χ1n) is 9.66. The first-order valence-corrected chi connectivity index (χ1v) is 9.66. The van der Waals surface area contributed by atoms with Gasteiger partial charge in [-0.2, -0.15) is 0 Å². The number of halogens is 1. The van der Waals surface area contributed by atoms with Crippen LogP contribution in [0.2, 0.25) is 0 Å². The quantitative estimate of drug-likeness (QED) is 0.586. The smallest absolute Gasteiger partial charge is 0.375 e. The van der Waals surface area contributed by atoms with E-state index in [2.05, 4.69) is 10.6 Å². The molecule has 0 aliphatic rings. The van der Waals surface area contributed by atoms with E-state index in [-0.39, 0.29) is 12.3 Å². The average molecular weight is 426 g/mol. The van der Waals surface area contributed by atoms with E-state index in [1.807, 2.05) is 32.9 Å². The van der Waals surface area contributed by atoms with Crippen molar-refractivity contribution in [2.75, 3.05) is 18.5 Å². The number of hydrogen-bond acceptors (Lipinski definition) is 5. The molecule has 8 heteroatoms. The maximum Gasteiger partial charge on any atom is 0.375 e. The summed E-state index contributed by atoms with van der Waals surface area (Å²) in [5.41, 5.74) is 4.40. The highest BCUT2D eigenvalue weighted by molar-refractivity contribution is 5.98. The molecule has 0 aliphatic heterocycles. The SMILES string of the molecule is Cc1cc(C)c(NC(=O)CNC(=O)COC(=O)c2oc3ccc(F)cc3c2C)c(C)c1. The normalized spacial score (nSPS) is 10.7. The number of fused-ring (bicyclic) bond motifs is 1. The summed E-state index contributed by atoms with van der Waals surface area (Å²) >= 11 is 0. The van der Waals surface area contributed by atoms with Crippen molar-refractivity contribution in [2.45, 2.75) is 27.7 Å². The molecule has 0 unspecified atom stereocenters. The Labute approximate surface area is 178 Å². The summed E-state index contributed by atoms with van der Waals surface area (Å²) in [6.45, 7) is 6.50. The second-order valence-corrected chi connectivity index (χ2v) is 7.37. The molecule has 1 aromatic heterocycles. The van der Waals surface area contributed by atoms with Crippen LogP contribution in [0.1, 0.15) is 32.8 Å². The zero-order chi connectivity index (χ0) is 22.7. The first-order chi connectivity index (χ1) is 14.7. The molecular formula is C23H23FN2O5. The fourth-order valence-corrected chi connectivity index (χ4v) is 3.38. The lowest BCUT2D eigenvalue weighted by atomic mass is 10.1. The third-order valence-electron chi connectivity index (χ3n) is 4.81. The van der Waals surface area contributed by atoms with Crippen LogP contribution in [0, 0.1) is 33.5 Å². The second kappa shape index (κ2) is 8.99. The van der Waals surface area contributed by atoms with E-state index in [1.165, 1.54) is 18.2 Å². The molecule has 3 rings (SSSR count). The number of furan rings is 1. The molecule has 162 valence electrons. The van der Waals surface area contributed by atoms with Gasteiger partial charge >= 0.3 is 5.97 Å². The van der Waals surface area contributed by atoms with Gasteiger partial charge in [0.15, 0.2) is 6.61 Å². The van der Waals surface area contributed by atoms with Gasteiger partial charge in [-0.25, -0.2) is 9.18 Å². The van der Waals surface area contributed by atoms with Crippen molar-refractivity contribution in [1.29, 1.82) is 0 Å². The van der Waals surface area contributed by atoms with Gasteiger partial charge in [0.1, 0.15) is 11.4 Å². The van der Waals surface area contributed by atoms with Gasteiger partial charge < -0.3 is 19.8 Å². The van der Waals surface area contributed by atoms with Gasteiger partial charge in [-0.1, -0.05) is 17.7 Å². The molecule has 1 heterocycles. The van der Waals surface area contributed by atoms with E-state index in [0.717, 1.165) is 16.7 Å². The van der Waals surface area contributed by atoms with E-state index in [9.17, 15) is 18.8 Å². The maximum absolute atomic E-state index is 13.4. The highest BCUT2D eigenvalue weighted by Crippen LogP contribution is 2.26. The predicted molar refractivity (Wildman–Crippen MR) is 113 cm³/mol. The van der Waals surface area contributed by atoms with E-state index >= 15 is 0 Å². The number of nitrogens with one attached hydrogen (secondary N) is 2. The summed E-state index contributed by atoms with van der Waals surface area (Å²) in [6.07, 6.45) is 0. The number of esters is 1. The molecule has 0 radical (unpaired) electrons. The largest absolute Gasteiger partial charge is 0.450 e. The molecular weight excluding hydrogens is 403 g/mol. The Morgan fingerprint density at radius 1 is 1.00 bits per heavy atom. The minimum absolute atomic E-state index is 0.100. The van der Waals surface area contributed by atoms with Gasteiger partial charge in [-0.05, 0) is 57.0 Å². The van der Waals surface area contributed by atoms with Gasteiger partial charge in [-0.15, -0.1) is 0 Å². The van der Waals surface area contributed by atoms with Crippen LogP contribution in [0.15, 0.2) is 34.7 Å². The number of benzene rings is 2. The Morgan fingerprint density at radius 3 is 2.35 bits per heavy atom. The van der Waals surface area contributed by atoms with Crippen LogP contribution < -0.4 is 10.6 Å². The molecule has 7 nitrogen and oxygen atoms in total. The molecule has 31 heavy (non-hydrogen) atoms. The van der Waals surface area contributed by atoms with Crippen LogP contribution in [0.3, 0.4) is 0 Å². The summed E-state index contributed by atoms with van der Waals surface area (Å²) in [7, 11) is 0. The number of ether oxygens (including phenoxy) is 1. The lowest BCUT2D eigenvalue weighted by molar-refractivity contribution is -0.126. The molecule has 0 bridgehead atoms. The number of carbonyl (C=O) groups excluding carboxylic acids is 3. The number of anilines is 1. The molecule has 0 saturated carbocycles. The van der Waals surface area contributed by atoms with Crippen LogP contribution in [0.25, 0.3) is 11.0 Å². The molecule has 2 aromatic carbocycles. The van der Waals surface area contributed by atoms with Crippen molar-refractivity contribution in [2.24, 2.45) is 0 Å². The van der Waals surface area contributed by atoms with Crippen LogP contribution >= 0.6 is 0 Å². The van der Waals surface area contributed by atoms with Gasteiger partial charge in [0.25, 0.3) is 5.91 Å². The minimum Gasteiger partial charge on any atom is -0.450 e. The highest BCUT2D eigenvalue weighted by Gasteiger charge is 2.20. The summed E-state index contributed by atoms with van der Waals surface area (Å²) < 4.78 is 23.8.